The van der Waals surface area contributed by atoms with Gasteiger partial charge in [-0.1, -0.05) is 27.2 Å². The highest BCUT2D eigenvalue weighted by Gasteiger charge is 2.43. The smallest absolute Gasteiger partial charge is 0.383 e. The van der Waals surface area contributed by atoms with Crippen LogP contribution in [0.4, 0.5) is 13.2 Å². The maximum atomic E-state index is 12.0. The van der Waals surface area contributed by atoms with Gasteiger partial charge in [0.15, 0.2) is 6.10 Å². The van der Waals surface area contributed by atoms with E-state index in [2.05, 4.69) is 0 Å². The number of hydrogen-bond acceptors (Lipinski definition) is 1. The van der Waals surface area contributed by atoms with Crippen LogP contribution < -0.4 is 0 Å². The average Bonchev–Trinajstić information content (AvgIpc) is 1.86. The lowest BCUT2D eigenvalue weighted by molar-refractivity contribution is -0.223. The van der Waals surface area contributed by atoms with Crippen molar-refractivity contribution >= 4 is 0 Å². The van der Waals surface area contributed by atoms with Crippen molar-refractivity contribution in [3.8, 4) is 0 Å². The Kier molecular flexibility index (Phi) is 4.03. The first-order chi connectivity index (χ1) is 5.30. The van der Waals surface area contributed by atoms with E-state index in [0.29, 0.717) is 6.42 Å². The molecule has 0 fully saturated rings. The molecule has 0 saturated carbocycles. The molecule has 0 aliphatic carbocycles. The molecule has 0 aliphatic rings. The molecule has 2 atom stereocenters. The maximum absolute atomic E-state index is 12.0. The number of aliphatic hydroxyl groups is 1. The van der Waals surface area contributed by atoms with Gasteiger partial charge in [0.2, 0.25) is 0 Å². The number of aliphatic hydroxyl groups excluding tert-OH is 1. The second kappa shape index (κ2) is 4.12. The van der Waals surface area contributed by atoms with Gasteiger partial charge in [-0.15, -0.1) is 0 Å². The van der Waals surface area contributed by atoms with Crippen LogP contribution in [0.1, 0.15) is 27.2 Å². The highest BCUT2D eigenvalue weighted by atomic mass is 19.4. The summed E-state index contributed by atoms with van der Waals surface area (Å²) in [6.45, 7) is 5.02. The van der Waals surface area contributed by atoms with Crippen molar-refractivity contribution in [3.63, 3.8) is 0 Å². The second-order valence-corrected chi connectivity index (χ2v) is 3.30. The van der Waals surface area contributed by atoms with E-state index in [4.69, 9.17) is 5.11 Å². The van der Waals surface area contributed by atoms with Crippen molar-refractivity contribution in [1.82, 2.24) is 0 Å². The summed E-state index contributed by atoms with van der Waals surface area (Å²) >= 11 is 0. The minimum absolute atomic E-state index is 0.147. The van der Waals surface area contributed by atoms with Gasteiger partial charge >= 0.3 is 6.18 Å². The normalized spacial score (nSPS) is 18.0. The number of rotatable bonds is 3. The van der Waals surface area contributed by atoms with Gasteiger partial charge in [-0.25, -0.2) is 0 Å². The standard InChI is InChI=1S/C8H15F3O/c1-4-6(5(2)3)7(12)8(9,10)11/h5-7,12H,4H2,1-3H3. The third kappa shape index (κ3) is 3.01. The summed E-state index contributed by atoms with van der Waals surface area (Å²) in [5, 5.41) is 8.89. The van der Waals surface area contributed by atoms with Crippen molar-refractivity contribution in [2.45, 2.75) is 39.5 Å². The molecule has 0 bridgehead atoms. The van der Waals surface area contributed by atoms with Gasteiger partial charge in [0.25, 0.3) is 0 Å². The highest BCUT2D eigenvalue weighted by molar-refractivity contribution is 4.76. The van der Waals surface area contributed by atoms with Crippen molar-refractivity contribution in [2.75, 3.05) is 0 Å². The summed E-state index contributed by atoms with van der Waals surface area (Å²) in [5.74, 6) is -0.836. The molecule has 0 saturated heterocycles. The van der Waals surface area contributed by atoms with Crippen LogP contribution in [0.2, 0.25) is 0 Å². The van der Waals surface area contributed by atoms with Crippen LogP contribution in [0.3, 0.4) is 0 Å². The van der Waals surface area contributed by atoms with Gasteiger partial charge in [0.1, 0.15) is 0 Å². The zero-order valence-corrected chi connectivity index (χ0v) is 7.52. The van der Waals surface area contributed by atoms with Gasteiger partial charge in [-0.2, -0.15) is 13.2 Å². The zero-order valence-electron chi connectivity index (χ0n) is 7.52. The fourth-order valence-electron chi connectivity index (χ4n) is 1.30. The van der Waals surface area contributed by atoms with Gasteiger partial charge in [0.05, 0.1) is 0 Å². The maximum Gasteiger partial charge on any atom is 0.414 e. The highest BCUT2D eigenvalue weighted by Crippen LogP contribution is 2.31. The molecule has 0 heterocycles. The molecule has 1 nitrogen and oxygen atoms in total. The van der Waals surface area contributed by atoms with Crippen LogP contribution >= 0.6 is 0 Å². The monoisotopic (exact) mass is 184 g/mol. The van der Waals surface area contributed by atoms with E-state index in [1.54, 1.807) is 20.8 Å². The zero-order chi connectivity index (χ0) is 9.94. The molecule has 2 unspecified atom stereocenters. The number of halogens is 3. The Hall–Kier alpha value is -0.250. The molecule has 0 aromatic heterocycles. The molecule has 0 aromatic rings. The Balaban J connectivity index is 4.32. The van der Waals surface area contributed by atoms with Crippen molar-refractivity contribution < 1.29 is 18.3 Å². The molecule has 4 heteroatoms. The fourth-order valence-corrected chi connectivity index (χ4v) is 1.30. The van der Waals surface area contributed by atoms with E-state index in [0.717, 1.165) is 0 Å². The minimum Gasteiger partial charge on any atom is -0.383 e. The molecule has 0 aromatic carbocycles. The molecule has 0 rings (SSSR count). The van der Waals surface area contributed by atoms with Gasteiger partial charge in [-0.3, -0.25) is 0 Å². The summed E-state index contributed by atoms with van der Waals surface area (Å²) in [6.07, 6.45) is -6.31. The molecule has 1 N–H and O–H groups in total. The Morgan fingerprint density at radius 1 is 1.25 bits per heavy atom. The van der Waals surface area contributed by atoms with Crippen LogP contribution in [0.25, 0.3) is 0 Å². The van der Waals surface area contributed by atoms with E-state index < -0.39 is 18.2 Å². The molecule has 0 spiro atoms. The lowest BCUT2D eigenvalue weighted by Crippen LogP contribution is -2.38. The molecule has 74 valence electrons. The SMILES string of the molecule is CCC(C(C)C)C(O)C(F)(F)F. The van der Waals surface area contributed by atoms with E-state index in [1.165, 1.54) is 0 Å². The third-order valence-electron chi connectivity index (χ3n) is 2.07. The van der Waals surface area contributed by atoms with Crippen molar-refractivity contribution in [1.29, 1.82) is 0 Å². The lowest BCUT2D eigenvalue weighted by Gasteiger charge is -2.26. The summed E-state index contributed by atoms with van der Waals surface area (Å²) in [6, 6.07) is 0. The first kappa shape index (κ1) is 11.8. The third-order valence-corrected chi connectivity index (χ3v) is 2.07. The summed E-state index contributed by atoms with van der Waals surface area (Å²) < 4.78 is 36.0. The quantitative estimate of drug-likeness (QED) is 0.714. The van der Waals surface area contributed by atoms with Crippen LogP contribution in [0, 0.1) is 11.8 Å². The van der Waals surface area contributed by atoms with E-state index in [-0.39, 0.29) is 5.92 Å². The van der Waals surface area contributed by atoms with Crippen LogP contribution in [-0.4, -0.2) is 17.4 Å². The first-order valence-electron chi connectivity index (χ1n) is 4.05. The molecule has 0 amide bonds. The Morgan fingerprint density at radius 2 is 1.67 bits per heavy atom. The van der Waals surface area contributed by atoms with Crippen molar-refractivity contribution in [2.24, 2.45) is 11.8 Å². The Labute approximate surface area is 70.6 Å². The predicted octanol–water partition coefficient (Wildman–Crippen LogP) is 2.59. The summed E-state index contributed by atoms with van der Waals surface area (Å²) in [5.41, 5.74) is 0. The number of hydrogen-bond donors (Lipinski definition) is 1. The number of alkyl halides is 3. The summed E-state index contributed by atoms with van der Waals surface area (Å²) in [4.78, 5) is 0. The van der Waals surface area contributed by atoms with Gasteiger partial charge in [0, 0.05) is 0 Å². The molecule has 0 aliphatic heterocycles. The first-order valence-corrected chi connectivity index (χ1v) is 4.05. The minimum atomic E-state index is -4.48. The van der Waals surface area contributed by atoms with Crippen LogP contribution in [0.15, 0.2) is 0 Å². The van der Waals surface area contributed by atoms with Gasteiger partial charge < -0.3 is 5.11 Å². The topological polar surface area (TPSA) is 20.2 Å². The van der Waals surface area contributed by atoms with E-state index >= 15 is 0 Å². The Bertz CT molecular complexity index is 131. The van der Waals surface area contributed by atoms with Gasteiger partial charge in [-0.05, 0) is 11.8 Å². The molecule has 12 heavy (non-hydrogen) atoms. The van der Waals surface area contributed by atoms with Crippen LogP contribution in [-0.2, 0) is 0 Å². The predicted molar refractivity (Wildman–Crippen MR) is 40.7 cm³/mol. The lowest BCUT2D eigenvalue weighted by atomic mass is 9.88. The average molecular weight is 184 g/mol. The Morgan fingerprint density at radius 3 is 1.75 bits per heavy atom. The van der Waals surface area contributed by atoms with E-state index in [9.17, 15) is 13.2 Å². The largest absolute Gasteiger partial charge is 0.414 e. The van der Waals surface area contributed by atoms with E-state index in [1.807, 2.05) is 0 Å². The second-order valence-electron chi connectivity index (χ2n) is 3.30. The van der Waals surface area contributed by atoms with Crippen LogP contribution in [0.5, 0.6) is 0 Å². The molecular formula is C8H15F3O. The molecular weight excluding hydrogens is 169 g/mol. The molecule has 0 radical (unpaired) electrons. The van der Waals surface area contributed by atoms with Crippen molar-refractivity contribution in [3.05, 3.63) is 0 Å². The summed E-state index contributed by atoms with van der Waals surface area (Å²) in [7, 11) is 0. The fraction of sp³-hybridized carbons (Fsp3) is 1.00.